The van der Waals surface area contributed by atoms with E-state index in [4.69, 9.17) is 5.84 Å². The fraction of sp³-hybridized carbons (Fsp3) is 0.267. The van der Waals surface area contributed by atoms with Gasteiger partial charge in [0.05, 0.1) is 0 Å². The van der Waals surface area contributed by atoms with Gasteiger partial charge in [0.25, 0.3) is 0 Å². The third kappa shape index (κ3) is 3.15. The Kier molecular flexibility index (Phi) is 4.45. The van der Waals surface area contributed by atoms with Crippen molar-refractivity contribution >= 4 is 0 Å². The van der Waals surface area contributed by atoms with Crippen molar-refractivity contribution in [1.82, 2.24) is 10.4 Å². The zero-order chi connectivity index (χ0) is 12.8. The summed E-state index contributed by atoms with van der Waals surface area (Å²) in [6.45, 7) is 2.11. The maximum absolute atomic E-state index is 5.67. The number of hydrogen-bond donors (Lipinski definition) is 2. The molecular weight excluding hydrogens is 222 g/mol. The Morgan fingerprint density at radius 3 is 2.61 bits per heavy atom. The van der Waals surface area contributed by atoms with Gasteiger partial charge in [0.2, 0.25) is 0 Å². The number of nitrogens with zero attached hydrogens (tertiary/aromatic N) is 1. The summed E-state index contributed by atoms with van der Waals surface area (Å²) < 4.78 is 0. The van der Waals surface area contributed by atoms with E-state index in [2.05, 4.69) is 29.5 Å². The quantitative estimate of drug-likeness (QED) is 0.624. The van der Waals surface area contributed by atoms with Crippen molar-refractivity contribution in [1.29, 1.82) is 0 Å². The molecule has 3 N–H and O–H groups in total. The normalized spacial score (nSPS) is 12.3. The van der Waals surface area contributed by atoms with Crippen LogP contribution in [-0.2, 0) is 6.42 Å². The van der Waals surface area contributed by atoms with Crippen LogP contribution in [0.5, 0.6) is 0 Å². The third-order valence-corrected chi connectivity index (χ3v) is 3.18. The first-order valence-corrected chi connectivity index (χ1v) is 6.23. The van der Waals surface area contributed by atoms with Crippen molar-refractivity contribution in [2.24, 2.45) is 5.84 Å². The molecule has 3 heteroatoms. The minimum atomic E-state index is 0.174. The summed E-state index contributed by atoms with van der Waals surface area (Å²) in [7, 11) is 0. The minimum Gasteiger partial charge on any atom is -0.271 e. The van der Waals surface area contributed by atoms with Crippen LogP contribution in [0.1, 0.15) is 29.3 Å². The first kappa shape index (κ1) is 12.7. The lowest BCUT2D eigenvalue weighted by Crippen LogP contribution is -2.29. The van der Waals surface area contributed by atoms with Gasteiger partial charge in [0, 0.05) is 17.9 Å². The van der Waals surface area contributed by atoms with E-state index in [-0.39, 0.29) is 6.04 Å². The highest BCUT2D eigenvalue weighted by atomic mass is 15.2. The van der Waals surface area contributed by atoms with Gasteiger partial charge in [-0.3, -0.25) is 16.3 Å². The van der Waals surface area contributed by atoms with Crippen LogP contribution in [0.15, 0.2) is 48.7 Å². The average Bonchev–Trinajstić information content (AvgIpc) is 2.42. The largest absolute Gasteiger partial charge is 0.271 e. The first-order valence-electron chi connectivity index (χ1n) is 6.23. The van der Waals surface area contributed by atoms with Gasteiger partial charge < -0.3 is 0 Å². The van der Waals surface area contributed by atoms with E-state index < -0.39 is 0 Å². The van der Waals surface area contributed by atoms with Crippen LogP contribution in [0.4, 0.5) is 0 Å². The highest BCUT2D eigenvalue weighted by molar-refractivity contribution is 5.28. The molecule has 0 saturated heterocycles. The Morgan fingerprint density at radius 1 is 1.17 bits per heavy atom. The number of nitrogens with two attached hydrogens (primary N) is 1. The van der Waals surface area contributed by atoms with Gasteiger partial charge in [0.15, 0.2) is 0 Å². The molecule has 0 radical (unpaired) electrons. The van der Waals surface area contributed by atoms with E-state index in [1.54, 1.807) is 0 Å². The summed E-state index contributed by atoms with van der Waals surface area (Å²) >= 11 is 0. The van der Waals surface area contributed by atoms with Gasteiger partial charge in [-0.05, 0) is 43.0 Å². The SMILES string of the molecule is Cc1ccccc1C(CCc1ccccn1)NN. The monoisotopic (exact) mass is 241 g/mol. The molecule has 1 atom stereocenters. The average molecular weight is 241 g/mol. The molecule has 3 nitrogen and oxygen atoms in total. The lowest BCUT2D eigenvalue weighted by atomic mass is 9.97. The molecule has 1 unspecified atom stereocenters. The number of hydrazine groups is 1. The lowest BCUT2D eigenvalue weighted by molar-refractivity contribution is 0.511. The highest BCUT2D eigenvalue weighted by Crippen LogP contribution is 2.21. The van der Waals surface area contributed by atoms with Crippen LogP contribution < -0.4 is 11.3 Å². The molecule has 0 saturated carbocycles. The van der Waals surface area contributed by atoms with Gasteiger partial charge in [-0.15, -0.1) is 0 Å². The van der Waals surface area contributed by atoms with Crippen molar-refractivity contribution in [2.75, 3.05) is 0 Å². The number of aryl methyl sites for hydroxylation is 2. The van der Waals surface area contributed by atoms with Crippen LogP contribution in [0.3, 0.4) is 0 Å². The second kappa shape index (κ2) is 6.28. The van der Waals surface area contributed by atoms with E-state index in [0.29, 0.717) is 0 Å². The Labute approximate surface area is 108 Å². The van der Waals surface area contributed by atoms with E-state index in [9.17, 15) is 0 Å². The molecule has 0 aliphatic carbocycles. The summed E-state index contributed by atoms with van der Waals surface area (Å²) in [6, 6.07) is 14.5. The molecule has 0 fully saturated rings. The van der Waals surface area contributed by atoms with Crippen LogP contribution in [-0.4, -0.2) is 4.98 Å². The van der Waals surface area contributed by atoms with E-state index >= 15 is 0 Å². The molecule has 94 valence electrons. The number of rotatable bonds is 5. The fourth-order valence-corrected chi connectivity index (χ4v) is 2.14. The topological polar surface area (TPSA) is 50.9 Å². The number of hydrogen-bond acceptors (Lipinski definition) is 3. The molecule has 0 amide bonds. The number of aromatic nitrogens is 1. The molecular formula is C15H19N3. The smallest absolute Gasteiger partial charge is 0.0466 e. The molecule has 1 aromatic heterocycles. The van der Waals surface area contributed by atoms with E-state index in [1.807, 2.05) is 36.5 Å². The molecule has 18 heavy (non-hydrogen) atoms. The second-order valence-corrected chi connectivity index (χ2v) is 4.44. The molecule has 1 aromatic carbocycles. The van der Waals surface area contributed by atoms with Crippen LogP contribution >= 0.6 is 0 Å². The Bertz CT molecular complexity index is 482. The van der Waals surface area contributed by atoms with E-state index in [0.717, 1.165) is 18.5 Å². The minimum absolute atomic E-state index is 0.174. The molecule has 0 spiro atoms. The van der Waals surface area contributed by atoms with Crippen LogP contribution in [0, 0.1) is 6.92 Å². The number of benzene rings is 1. The summed E-state index contributed by atoms with van der Waals surface area (Å²) in [5.74, 6) is 5.67. The predicted octanol–water partition coefficient (Wildman–Crippen LogP) is 2.53. The maximum Gasteiger partial charge on any atom is 0.0466 e. The summed E-state index contributed by atoms with van der Waals surface area (Å²) in [5, 5.41) is 0. The van der Waals surface area contributed by atoms with Crippen molar-refractivity contribution in [3.8, 4) is 0 Å². The summed E-state index contributed by atoms with van der Waals surface area (Å²) in [5.41, 5.74) is 6.53. The Hall–Kier alpha value is -1.71. The number of pyridine rings is 1. The van der Waals surface area contributed by atoms with Crippen LogP contribution in [0.25, 0.3) is 0 Å². The van der Waals surface area contributed by atoms with Crippen molar-refractivity contribution in [2.45, 2.75) is 25.8 Å². The maximum atomic E-state index is 5.67. The summed E-state index contributed by atoms with van der Waals surface area (Å²) in [4.78, 5) is 4.33. The van der Waals surface area contributed by atoms with Gasteiger partial charge in [-0.1, -0.05) is 30.3 Å². The zero-order valence-electron chi connectivity index (χ0n) is 10.6. The first-order chi connectivity index (χ1) is 8.81. The molecule has 2 aromatic rings. The lowest BCUT2D eigenvalue weighted by Gasteiger charge is -2.18. The molecule has 1 heterocycles. The molecule has 0 aliphatic rings. The van der Waals surface area contributed by atoms with Crippen LogP contribution in [0.2, 0.25) is 0 Å². The number of nitrogens with one attached hydrogen (secondary N) is 1. The van der Waals surface area contributed by atoms with Crippen molar-refractivity contribution in [3.63, 3.8) is 0 Å². The summed E-state index contributed by atoms with van der Waals surface area (Å²) in [6.07, 6.45) is 3.69. The molecule has 2 rings (SSSR count). The van der Waals surface area contributed by atoms with E-state index in [1.165, 1.54) is 11.1 Å². The Balaban J connectivity index is 2.04. The third-order valence-electron chi connectivity index (χ3n) is 3.18. The van der Waals surface area contributed by atoms with Gasteiger partial charge in [0.1, 0.15) is 0 Å². The van der Waals surface area contributed by atoms with Gasteiger partial charge in [-0.25, -0.2) is 0 Å². The van der Waals surface area contributed by atoms with Gasteiger partial charge in [-0.2, -0.15) is 0 Å². The highest BCUT2D eigenvalue weighted by Gasteiger charge is 2.11. The fourth-order valence-electron chi connectivity index (χ4n) is 2.14. The second-order valence-electron chi connectivity index (χ2n) is 4.44. The standard InChI is InChI=1S/C15H19N3/c1-12-6-2-3-8-14(12)15(18-16)10-9-13-7-4-5-11-17-13/h2-8,11,15,18H,9-10,16H2,1H3. The molecule has 0 bridgehead atoms. The van der Waals surface area contributed by atoms with Crippen molar-refractivity contribution < 1.29 is 0 Å². The van der Waals surface area contributed by atoms with Gasteiger partial charge >= 0.3 is 0 Å². The molecule has 0 aliphatic heterocycles. The van der Waals surface area contributed by atoms with Crippen molar-refractivity contribution in [3.05, 3.63) is 65.5 Å². The zero-order valence-corrected chi connectivity index (χ0v) is 10.6. The predicted molar refractivity (Wildman–Crippen MR) is 73.8 cm³/mol. The Morgan fingerprint density at radius 2 is 1.94 bits per heavy atom.